The second kappa shape index (κ2) is 9.51. The second-order valence-electron chi connectivity index (χ2n) is 7.89. The zero-order valence-corrected chi connectivity index (χ0v) is 18.0. The second-order valence-corrected chi connectivity index (χ2v) is 9.20. The molecule has 0 aliphatic heterocycles. The highest BCUT2D eigenvalue weighted by molar-refractivity contribution is 8.00. The largest absolute Gasteiger partial charge is 0.467 e. The number of aromatic nitrogens is 2. The molecule has 1 atom stereocenters. The number of thioether (sulfide) groups is 1. The summed E-state index contributed by atoms with van der Waals surface area (Å²) in [4.78, 5) is 30.5. The summed E-state index contributed by atoms with van der Waals surface area (Å²) in [6.45, 7) is 2.87. The zero-order chi connectivity index (χ0) is 20.9. The molecule has 1 aromatic carbocycles. The molecule has 1 fully saturated rings. The fourth-order valence-electron chi connectivity index (χ4n) is 3.93. The first-order valence-corrected chi connectivity index (χ1v) is 11.5. The predicted molar refractivity (Wildman–Crippen MR) is 119 cm³/mol. The Labute approximate surface area is 180 Å². The van der Waals surface area contributed by atoms with Crippen LogP contribution in [0.4, 0.5) is 0 Å². The number of nitrogens with one attached hydrogen (secondary N) is 1. The minimum absolute atomic E-state index is 0.0162. The first-order chi connectivity index (χ1) is 14.6. The number of furan rings is 1. The van der Waals surface area contributed by atoms with Gasteiger partial charge in [-0.3, -0.25) is 14.2 Å². The standard InChI is InChI=1S/C23H27N3O3S/c1-16(21(27)24-14-17-8-3-2-4-9-17)30-23-25-20-12-6-5-11-19(20)22(28)26(23)15-18-10-7-13-29-18/h5-7,10-13,16-17H,2-4,8-9,14-15H2,1H3,(H,24,27). The van der Waals surface area contributed by atoms with Crippen molar-refractivity contribution in [2.45, 2.75) is 56.0 Å². The molecule has 4 rings (SSSR count). The number of para-hydroxylation sites is 1. The maximum atomic E-state index is 13.1. The summed E-state index contributed by atoms with van der Waals surface area (Å²) < 4.78 is 7.04. The van der Waals surface area contributed by atoms with Crippen molar-refractivity contribution < 1.29 is 9.21 Å². The van der Waals surface area contributed by atoms with Crippen molar-refractivity contribution in [2.75, 3.05) is 6.54 Å². The minimum Gasteiger partial charge on any atom is -0.467 e. The molecular formula is C23H27N3O3S. The SMILES string of the molecule is CC(Sc1nc2ccccc2c(=O)n1Cc1ccco1)C(=O)NCC1CCCCC1. The summed E-state index contributed by atoms with van der Waals surface area (Å²) in [6, 6.07) is 10.9. The molecule has 1 aliphatic carbocycles. The highest BCUT2D eigenvalue weighted by Gasteiger charge is 2.21. The van der Waals surface area contributed by atoms with Gasteiger partial charge in [0.05, 0.1) is 29.0 Å². The van der Waals surface area contributed by atoms with Crippen molar-refractivity contribution in [3.8, 4) is 0 Å². The molecule has 0 bridgehead atoms. The van der Waals surface area contributed by atoms with Crippen molar-refractivity contribution in [3.05, 3.63) is 58.8 Å². The molecule has 158 valence electrons. The molecule has 3 aromatic rings. The molecule has 30 heavy (non-hydrogen) atoms. The van der Waals surface area contributed by atoms with E-state index in [2.05, 4.69) is 5.32 Å². The first-order valence-electron chi connectivity index (χ1n) is 10.6. The predicted octanol–water partition coefficient (Wildman–Crippen LogP) is 4.21. The molecule has 1 amide bonds. The summed E-state index contributed by atoms with van der Waals surface area (Å²) in [6.07, 6.45) is 7.78. The first kappa shape index (κ1) is 20.7. The molecule has 0 saturated heterocycles. The molecule has 1 unspecified atom stereocenters. The van der Waals surface area contributed by atoms with E-state index in [0.717, 1.165) is 6.54 Å². The van der Waals surface area contributed by atoms with Gasteiger partial charge in [0.2, 0.25) is 5.91 Å². The lowest BCUT2D eigenvalue weighted by molar-refractivity contribution is -0.120. The van der Waals surface area contributed by atoms with Crippen LogP contribution in [-0.2, 0) is 11.3 Å². The molecule has 0 radical (unpaired) electrons. The van der Waals surface area contributed by atoms with Gasteiger partial charge in [0.1, 0.15) is 5.76 Å². The number of fused-ring (bicyclic) bond motifs is 1. The van der Waals surface area contributed by atoms with Gasteiger partial charge in [-0.25, -0.2) is 4.98 Å². The number of hydrogen-bond acceptors (Lipinski definition) is 5. The van der Waals surface area contributed by atoms with Crippen LogP contribution in [-0.4, -0.2) is 27.3 Å². The average molecular weight is 426 g/mol. The van der Waals surface area contributed by atoms with E-state index in [9.17, 15) is 9.59 Å². The Morgan fingerprint density at radius 2 is 2.03 bits per heavy atom. The Bertz CT molecular complexity index is 1060. The van der Waals surface area contributed by atoms with Crippen LogP contribution in [0.1, 0.15) is 44.8 Å². The van der Waals surface area contributed by atoms with E-state index in [4.69, 9.17) is 9.40 Å². The quantitative estimate of drug-likeness (QED) is 0.453. The number of carbonyl (C=O) groups excluding carboxylic acids is 1. The maximum absolute atomic E-state index is 13.1. The number of amides is 1. The molecule has 2 aromatic heterocycles. The van der Waals surface area contributed by atoms with Crippen LogP contribution in [0.3, 0.4) is 0 Å². The monoisotopic (exact) mass is 425 g/mol. The van der Waals surface area contributed by atoms with E-state index in [-0.39, 0.29) is 23.3 Å². The molecular weight excluding hydrogens is 398 g/mol. The lowest BCUT2D eigenvalue weighted by atomic mass is 9.89. The number of rotatable bonds is 7. The van der Waals surface area contributed by atoms with Gasteiger partial charge in [-0.15, -0.1) is 0 Å². The van der Waals surface area contributed by atoms with Gasteiger partial charge in [-0.2, -0.15) is 0 Å². The van der Waals surface area contributed by atoms with Crippen molar-refractivity contribution in [3.63, 3.8) is 0 Å². The van der Waals surface area contributed by atoms with Crippen LogP contribution in [0.15, 0.2) is 57.0 Å². The third-order valence-corrected chi connectivity index (χ3v) is 6.75. The summed E-state index contributed by atoms with van der Waals surface area (Å²) >= 11 is 1.31. The van der Waals surface area contributed by atoms with Gasteiger partial charge in [-0.05, 0) is 49.9 Å². The van der Waals surface area contributed by atoms with Crippen LogP contribution in [0.25, 0.3) is 10.9 Å². The Morgan fingerprint density at radius 3 is 2.80 bits per heavy atom. The molecule has 6 nitrogen and oxygen atoms in total. The van der Waals surface area contributed by atoms with Crippen LogP contribution < -0.4 is 10.9 Å². The topological polar surface area (TPSA) is 77.1 Å². The molecule has 2 heterocycles. The van der Waals surface area contributed by atoms with Crippen molar-refractivity contribution >= 4 is 28.6 Å². The number of hydrogen-bond donors (Lipinski definition) is 1. The molecule has 1 N–H and O–H groups in total. The maximum Gasteiger partial charge on any atom is 0.262 e. The van der Waals surface area contributed by atoms with Crippen LogP contribution in [0.2, 0.25) is 0 Å². The van der Waals surface area contributed by atoms with Gasteiger partial charge < -0.3 is 9.73 Å². The van der Waals surface area contributed by atoms with E-state index in [1.54, 1.807) is 23.0 Å². The van der Waals surface area contributed by atoms with Crippen molar-refractivity contribution in [1.82, 2.24) is 14.9 Å². The Morgan fingerprint density at radius 1 is 1.23 bits per heavy atom. The summed E-state index contributed by atoms with van der Waals surface area (Å²) in [5.74, 6) is 1.23. The van der Waals surface area contributed by atoms with Gasteiger partial charge in [0, 0.05) is 6.54 Å². The molecule has 1 aliphatic rings. The van der Waals surface area contributed by atoms with Crippen LogP contribution in [0, 0.1) is 5.92 Å². The van der Waals surface area contributed by atoms with Gasteiger partial charge in [-0.1, -0.05) is 43.2 Å². The third-order valence-electron chi connectivity index (χ3n) is 5.66. The van der Waals surface area contributed by atoms with Crippen molar-refractivity contribution in [1.29, 1.82) is 0 Å². The third kappa shape index (κ3) is 4.78. The number of carbonyl (C=O) groups is 1. The van der Waals surface area contributed by atoms with Crippen LogP contribution >= 0.6 is 11.8 Å². The minimum atomic E-state index is -0.357. The molecule has 7 heteroatoms. The van der Waals surface area contributed by atoms with E-state index < -0.39 is 0 Å². The fraction of sp³-hybridized carbons (Fsp3) is 0.435. The average Bonchev–Trinajstić information content (AvgIpc) is 3.28. The van der Waals surface area contributed by atoms with E-state index in [1.165, 1.54) is 43.9 Å². The summed E-state index contributed by atoms with van der Waals surface area (Å²) in [5.41, 5.74) is 0.504. The lowest BCUT2D eigenvalue weighted by Crippen LogP contribution is -2.35. The summed E-state index contributed by atoms with van der Waals surface area (Å²) in [7, 11) is 0. The molecule has 1 saturated carbocycles. The smallest absolute Gasteiger partial charge is 0.262 e. The lowest BCUT2D eigenvalue weighted by Gasteiger charge is -2.22. The van der Waals surface area contributed by atoms with Gasteiger partial charge in [0.25, 0.3) is 5.56 Å². The van der Waals surface area contributed by atoms with E-state index in [1.807, 2.05) is 31.2 Å². The Hall–Kier alpha value is -2.54. The highest BCUT2D eigenvalue weighted by Crippen LogP contribution is 2.25. The fourth-order valence-corrected chi connectivity index (χ4v) is 4.86. The highest BCUT2D eigenvalue weighted by atomic mass is 32.2. The van der Waals surface area contributed by atoms with E-state index >= 15 is 0 Å². The van der Waals surface area contributed by atoms with E-state index in [0.29, 0.717) is 27.7 Å². The normalized spacial score (nSPS) is 15.9. The Balaban J connectivity index is 1.54. The zero-order valence-electron chi connectivity index (χ0n) is 17.2. The summed E-state index contributed by atoms with van der Waals surface area (Å²) in [5, 5.41) is 3.82. The Kier molecular flexibility index (Phi) is 6.57. The number of nitrogens with zero attached hydrogens (tertiary/aromatic N) is 2. The van der Waals surface area contributed by atoms with Crippen molar-refractivity contribution in [2.24, 2.45) is 5.92 Å². The van der Waals surface area contributed by atoms with Gasteiger partial charge >= 0.3 is 0 Å². The molecule has 0 spiro atoms. The van der Waals surface area contributed by atoms with Crippen LogP contribution in [0.5, 0.6) is 0 Å². The van der Waals surface area contributed by atoms with Gasteiger partial charge in [0.15, 0.2) is 5.16 Å². The number of benzene rings is 1.